The van der Waals surface area contributed by atoms with Crippen LogP contribution in [0, 0.1) is 0 Å². The van der Waals surface area contributed by atoms with E-state index in [4.69, 9.17) is 0 Å². The Kier molecular flexibility index (Phi) is 26.0. The number of hydrogen-bond donors (Lipinski definition) is 0. The summed E-state index contributed by atoms with van der Waals surface area (Å²) >= 11 is 0. The third-order valence-corrected chi connectivity index (χ3v) is 5.18. The zero-order chi connectivity index (χ0) is 18.6. The second-order valence-corrected chi connectivity index (χ2v) is 8.29. The molecular formula is C20H41KO4S. The summed E-state index contributed by atoms with van der Waals surface area (Å²) in [6.45, 7) is 2.30. The minimum absolute atomic E-state index is 0. The smallest absolute Gasteiger partial charge is 0.726 e. The van der Waals surface area contributed by atoms with E-state index in [1.54, 1.807) is 0 Å². The van der Waals surface area contributed by atoms with Crippen molar-refractivity contribution in [2.45, 2.75) is 122 Å². The van der Waals surface area contributed by atoms with Crippen LogP contribution in [0.5, 0.6) is 0 Å². The maximum Gasteiger partial charge on any atom is 1.00 e. The first-order valence-corrected chi connectivity index (χ1v) is 12.0. The van der Waals surface area contributed by atoms with E-state index in [9.17, 15) is 13.0 Å². The Hall–Kier alpha value is 1.51. The molecule has 0 aliphatic carbocycles. The van der Waals surface area contributed by atoms with Crippen LogP contribution in [-0.2, 0) is 14.6 Å². The van der Waals surface area contributed by atoms with Gasteiger partial charge in [-0.3, -0.25) is 4.18 Å². The van der Waals surface area contributed by atoms with Crippen LogP contribution in [0.2, 0.25) is 0 Å². The summed E-state index contributed by atoms with van der Waals surface area (Å²) in [5.74, 6) is 0. The largest absolute Gasteiger partial charge is 1.00 e. The van der Waals surface area contributed by atoms with Gasteiger partial charge < -0.3 is 4.55 Å². The molecule has 0 amide bonds. The molecule has 0 radical (unpaired) electrons. The molecule has 6 heteroatoms. The van der Waals surface area contributed by atoms with Crippen LogP contribution in [0.15, 0.2) is 0 Å². The summed E-state index contributed by atoms with van der Waals surface area (Å²) in [6, 6.07) is 0. The van der Waals surface area contributed by atoms with E-state index in [2.05, 4.69) is 11.1 Å². The summed E-state index contributed by atoms with van der Waals surface area (Å²) in [4.78, 5) is 0. The summed E-state index contributed by atoms with van der Waals surface area (Å²) in [5.41, 5.74) is 0. The van der Waals surface area contributed by atoms with Crippen LogP contribution in [0.4, 0.5) is 0 Å². The van der Waals surface area contributed by atoms with E-state index in [1.807, 2.05) is 0 Å². The van der Waals surface area contributed by atoms with Gasteiger partial charge in [-0.05, 0) is 6.42 Å². The first-order valence-electron chi connectivity index (χ1n) is 10.7. The van der Waals surface area contributed by atoms with Gasteiger partial charge in [0.05, 0.1) is 6.61 Å². The second kappa shape index (κ2) is 22.8. The number of unbranched alkanes of at least 4 members (excludes halogenated alkanes) is 17. The van der Waals surface area contributed by atoms with Gasteiger partial charge in [-0.25, -0.2) is 8.42 Å². The maximum absolute atomic E-state index is 10.2. The maximum atomic E-state index is 10.2. The first-order chi connectivity index (χ1) is 12.1. The monoisotopic (exact) mass is 416 g/mol. The van der Waals surface area contributed by atoms with Gasteiger partial charge >= 0.3 is 51.4 Å². The number of hydrogen-bond acceptors (Lipinski definition) is 4. The van der Waals surface area contributed by atoms with Crippen molar-refractivity contribution in [3.63, 3.8) is 0 Å². The molecule has 0 bridgehead atoms. The Balaban J connectivity index is 0. The molecule has 152 valence electrons. The molecule has 0 heterocycles. The van der Waals surface area contributed by atoms with E-state index >= 15 is 0 Å². The Morgan fingerprint density at radius 3 is 1.12 bits per heavy atom. The average molecular weight is 417 g/mol. The zero-order valence-electron chi connectivity index (χ0n) is 17.5. The van der Waals surface area contributed by atoms with E-state index < -0.39 is 10.4 Å². The average Bonchev–Trinajstić information content (AvgIpc) is 2.56. The second-order valence-electron chi connectivity index (χ2n) is 7.24. The van der Waals surface area contributed by atoms with Crippen molar-refractivity contribution in [1.82, 2.24) is 0 Å². The van der Waals surface area contributed by atoms with Gasteiger partial charge in [0.15, 0.2) is 0 Å². The minimum atomic E-state index is -4.50. The molecule has 0 N–H and O–H groups in total. The van der Waals surface area contributed by atoms with Gasteiger partial charge in [-0.2, -0.15) is 0 Å². The molecule has 4 nitrogen and oxygen atoms in total. The molecule has 0 aromatic heterocycles. The molecule has 0 aromatic carbocycles. The fourth-order valence-corrected chi connectivity index (χ4v) is 3.49. The Morgan fingerprint density at radius 2 is 0.846 bits per heavy atom. The minimum Gasteiger partial charge on any atom is -0.726 e. The van der Waals surface area contributed by atoms with Crippen molar-refractivity contribution in [3.05, 3.63) is 0 Å². The molecule has 26 heavy (non-hydrogen) atoms. The van der Waals surface area contributed by atoms with E-state index in [0.29, 0.717) is 6.42 Å². The van der Waals surface area contributed by atoms with Gasteiger partial charge in [0.2, 0.25) is 10.4 Å². The van der Waals surface area contributed by atoms with Crippen LogP contribution >= 0.6 is 0 Å². The molecule has 0 saturated carbocycles. The molecular weight excluding hydrogens is 375 g/mol. The topological polar surface area (TPSA) is 66.4 Å². The molecule has 0 fully saturated rings. The third kappa shape index (κ3) is 27.7. The van der Waals surface area contributed by atoms with Crippen molar-refractivity contribution < 1.29 is 68.5 Å². The Bertz CT molecular complexity index is 361. The predicted molar refractivity (Wildman–Crippen MR) is 104 cm³/mol. The molecule has 0 rings (SSSR count). The van der Waals surface area contributed by atoms with Gasteiger partial charge in [0, 0.05) is 0 Å². The van der Waals surface area contributed by atoms with Crippen LogP contribution in [0.3, 0.4) is 0 Å². The normalized spacial score (nSPS) is 11.5. The molecule has 0 atom stereocenters. The van der Waals surface area contributed by atoms with Crippen LogP contribution in [0.25, 0.3) is 0 Å². The fraction of sp³-hybridized carbons (Fsp3) is 1.00. The Labute approximate surface area is 206 Å². The quantitative estimate of drug-likeness (QED) is 0.132. The van der Waals surface area contributed by atoms with Crippen LogP contribution < -0.4 is 51.4 Å². The van der Waals surface area contributed by atoms with Gasteiger partial charge in [0.25, 0.3) is 0 Å². The van der Waals surface area contributed by atoms with Gasteiger partial charge in [-0.15, -0.1) is 0 Å². The van der Waals surface area contributed by atoms with Gasteiger partial charge in [-0.1, -0.05) is 116 Å². The van der Waals surface area contributed by atoms with Gasteiger partial charge in [0.1, 0.15) is 0 Å². The molecule has 0 aromatic rings. The first kappa shape index (κ1) is 29.7. The summed E-state index contributed by atoms with van der Waals surface area (Å²) in [5, 5.41) is 0. The van der Waals surface area contributed by atoms with Crippen LogP contribution in [-0.4, -0.2) is 19.6 Å². The summed E-state index contributed by atoms with van der Waals surface area (Å²) < 4.78 is 34.9. The van der Waals surface area contributed by atoms with Crippen molar-refractivity contribution in [3.8, 4) is 0 Å². The summed E-state index contributed by atoms with van der Waals surface area (Å²) in [7, 11) is -4.50. The molecule has 0 aliphatic rings. The van der Waals surface area contributed by atoms with Crippen molar-refractivity contribution >= 4 is 10.4 Å². The van der Waals surface area contributed by atoms with E-state index in [-0.39, 0.29) is 58.0 Å². The number of rotatable bonds is 20. The van der Waals surface area contributed by atoms with E-state index in [0.717, 1.165) is 12.8 Å². The van der Waals surface area contributed by atoms with Crippen molar-refractivity contribution in [1.29, 1.82) is 0 Å². The molecule has 0 unspecified atom stereocenters. The SMILES string of the molecule is CCCCCCCCCCCCCCCCCCCCOS(=O)(=O)[O-].[K+]. The predicted octanol–water partition coefficient (Wildman–Crippen LogP) is 3.51. The van der Waals surface area contributed by atoms with Crippen molar-refractivity contribution in [2.24, 2.45) is 0 Å². The molecule has 0 saturated heterocycles. The standard InChI is InChI=1S/C20H42O4S.K/c1-2-3-4-5-6-7-8-9-10-11-12-13-14-15-16-17-18-19-20-24-25(21,22)23;/h2-20H2,1H3,(H,21,22,23);/q;+1/p-1. The van der Waals surface area contributed by atoms with Crippen molar-refractivity contribution in [2.75, 3.05) is 6.61 Å². The third-order valence-electron chi connectivity index (χ3n) is 4.73. The fourth-order valence-electron chi connectivity index (χ4n) is 3.16. The summed E-state index contributed by atoms with van der Waals surface area (Å²) in [6.07, 6.45) is 23.2. The molecule has 0 aliphatic heterocycles. The van der Waals surface area contributed by atoms with E-state index in [1.165, 1.54) is 96.3 Å². The van der Waals surface area contributed by atoms with Crippen LogP contribution in [0.1, 0.15) is 122 Å². The Morgan fingerprint density at radius 1 is 0.577 bits per heavy atom. The zero-order valence-corrected chi connectivity index (χ0v) is 21.4. The molecule has 0 spiro atoms.